The lowest BCUT2D eigenvalue weighted by atomic mass is 9.95. The first-order chi connectivity index (χ1) is 9.92. The molecule has 0 amide bonds. The highest BCUT2D eigenvalue weighted by molar-refractivity contribution is 8.00. The average Bonchev–Trinajstić information content (AvgIpc) is 2.40. The van der Waals surface area contributed by atoms with Gasteiger partial charge in [0.05, 0.1) is 6.61 Å². The molecule has 2 nitrogen and oxygen atoms in total. The first-order valence-corrected chi connectivity index (χ1v) is 7.88. The number of halogens is 3. The predicted molar refractivity (Wildman–Crippen MR) is 81.8 cm³/mol. The summed E-state index contributed by atoms with van der Waals surface area (Å²) >= 11 is 0.0520. The molecule has 1 rings (SSSR count). The maximum atomic E-state index is 12.3. The Morgan fingerprint density at radius 2 is 2.10 bits per heavy atom. The van der Waals surface area contributed by atoms with Gasteiger partial charge in [-0.2, -0.15) is 13.2 Å². The zero-order chi connectivity index (χ0) is 15.7. The number of ether oxygens (including phenoxy) is 1. The Bertz CT molecular complexity index is 412. The fraction of sp³-hybridized carbons (Fsp3) is 0.600. The first kappa shape index (κ1) is 18.3. The van der Waals surface area contributed by atoms with Crippen LogP contribution in [0.25, 0.3) is 0 Å². The quantitative estimate of drug-likeness (QED) is 0.696. The Hall–Kier alpha value is -0.720. The van der Waals surface area contributed by atoms with Gasteiger partial charge in [-0.25, -0.2) is 0 Å². The Morgan fingerprint density at radius 1 is 1.33 bits per heavy atom. The maximum Gasteiger partial charge on any atom is 0.441 e. The van der Waals surface area contributed by atoms with Crippen molar-refractivity contribution in [2.24, 2.45) is 0 Å². The fourth-order valence-corrected chi connectivity index (χ4v) is 2.71. The Balaban J connectivity index is 2.57. The molecule has 0 heterocycles. The second kappa shape index (κ2) is 9.33. The SMILES string of the molecule is COCCNCC(CCSC(F)(F)F)c1cccc(C)c1. The van der Waals surface area contributed by atoms with Crippen LogP contribution in [0.2, 0.25) is 0 Å². The van der Waals surface area contributed by atoms with E-state index >= 15 is 0 Å². The van der Waals surface area contributed by atoms with Gasteiger partial charge in [-0.15, -0.1) is 0 Å². The van der Waals surface area contributed by atoms with Crippen molar-refractivity contribution in [1.29, 1.82) is 0 Å². The largest absolute Gasteiger partial charge is 0.441 e. The van der Waals surface area contributed by atoms with E-state index in [2.05, 4.69) is 5.32 Å². The van der Waals surface area contributed by atoms with Crippen LogP contribution in [0.1, 0.15) is 23.5 Å². The van der Waals surface area contributed by atoms with E-state index in [9.17, 15) is 13.2 Å². The lowest BCUT2D eigenvalue weighted by Gasteiger charge is -2.19. The first-order valence-electron chi connectivity index (χ1n) is 6.89. The van der Waals surface area contributed by atoms with E-state index in [0.717, 1.165) is 11.1 Å². The van der Waals surface area contributed by atoms with Gasteiger partial charge >= 0.3 is 5.51 Å². The number of thioether (sulfide) groups is 1. The summed E-state index contributed by atoms with van der Waals surface area (Å²) < 4.78 is 41.7. The minimum absolute atomic E-state index is 0.0520. The fourth-order valence-electron chi connectivity index (χ4n) is 2.08. The van der Waals surface area contributed by atoms with Crippen molar-refractivity contribution in [3.8, 4) is 0 Å². The molecule has 0 aliphatic rings. The number of hydrogen-bond donors (Lipinski definition) is 1. The van der Waals surface area contributed by atoms with E-state index in [0.29, 0.717) is 26.1 Å². The van der Waals surface area contributed by atoms with E-state index in [4.69, 9.17) is 4.74 Å². The van der Waals surface area contributed by atoms with Crippen LogP contribution >= 0.6 is 11.8 Å². The van der Waals surface area contributed by atoms with E-state index < -0.39 is 5.51 Å². The summed E-state index contributed by atoms with van der Waals surface area (Å²) in [5, 5.41) is 3.24. The van der Waals surface area contributed by atoms with Crippen molar-refractivity contribution in [1.82, 2.24) is 5.32 Å². The molecule has 1 N–H and O–H groups in total. The lowest BCUT2D eigenvalue weighted by Crippen LogP contribution is -2.25. The molecule has 0 saturated heterocycles. The maximum absolute atomic E-state index is 12.3. The van der Waals surface area contributed by atoms with Gasteiger partial charge in [-0.1, -0.05) is 41.6 Å². The van der Waals surface area contributed by atoms with Gasteiger partial charge in [0.2, 0.25) is 0 Å². The summed E-state index contributed by atoms with van der Waals surface area (Å²) in [6, 6.07) is 7.96. The van der Waals surface area contributed by atoms with Gasteiger partial charge in [-0.05, 0) is 24.8 Å². The molecule has 1 unspecified atom stereocenters. The predicted octanol–water partition coefficient (Wildman–Crippen LogP) is 3.96. The summed E-state index contributed by atoms with van der Waals surface area (Å²) in [5.74, 6) is 0.158. The molecular weight excluding hydrogens is 299 g/mol. The highest BCUT2D eigenvalue weighted by Gasteiger charge is 2.28. The summed E-state index contributed by atoms with van der Waals surface area (Å²) in [6.07, 6.45) is 0.494. The van der Waals surface area contributed by atoms with Crippen LogP contribution in [-0.4, -0.2) is 38.1 Å². The molecule has 0 radical (unpaired) electrons. The number of benzene rings is 1. The minimum atomic E-state index is -4.15. The van der Waals surface area contributed by atoms with Crippen molar-refractivity contribution in [3.63, 3.8) is 0 Å². The number of aryl methyl sites for hydroxylation is 1. The summed E-state index contributed by atoms with van der Waals surface area (Å²) in [5.41, 5.74) is -1.94. The van der Waals surface area contributed by atoms with Gasteiger partial charge in [0.25, 0.3) is 0 Å². The Kier molecular flexibility index (Phi) is 8.14. The number of rotatable bonds is 9. The number of hydrogen-bond acceptors (Lipinski definition) is 3. The molecule has 0 aliphatic heterocycles. The molecule has 0 bridgehead atoms. The molecule has 0 aliphatic carbocycles. The summed E-state index contributed by atoms with van der Waals surface area (Å²) in [4.78, 5) is 0. The van der Waals surface area contributed by atoms with Crippen molar-refractivity contribution in [2.45, 2.75) is 24.8 Å². The lowest BCUT2D eigenvalue weighted by molar-refractivity contribution is -0.0328. The van der Waals surface area contributed by atoms with Gasteiger partial charge in [0, 0.05) is 26.0 Å². The zero-order valence-electron chi connectivity index (χ0n) is 12.4. The van der Waals surface area contributed by atoms with Gasteiger partial charge < -0.3 is 10.1 Å². The second-order valence-electron chi connectivity index (χ2n) is 4.89. The number of nitrogens with one attached hydrogen (secondary N) is 1. The van der Waals surface area contributed by atoms with Gasteiger partial charge in [0.1, 0.15) is 0 Å². The molecular formula is C15H22F3NOS. The van der Waals surface area contributed by atoms with Gasteiger partial charge in [0.15, 0.2) is 0 Å². The summed E-state index contributed by atoms with van der Waals surface area (Å²) in [7, 11) is 1.62. The topological polar surface area (TPSA) is 21.3 Å². The molecule has 1 aromatic rings. The molecule has 0 saturated carbocycles. The van der Waals surface area contributed by atoms with Crippen molar-refractivity contribution < 1.29 is 17.9 Å². The summed E-state index contributed by atoms with van der Waals surface area (Å²) in [6.45, 7) is 3.94. The van der Waals surface area contributed by atoms with Crippen LogP contribution in [-0.2, 0) is 4.74 Å². The third kappa shape index (κ3) is 8.34. The normalized spacial score (nSPS) is 13.4. The second-order valence-corrected chi connectivity index (χ2v) is 6.05. The Labute approximate surface area is 128 Å². The van der Waals surface area contributed by atoms with E-state index in [1.54, 1.807) is 7.11 Å². The molecule has 120 valence electrons. The smallest absolute Gasteiger partial charge is 0.383 e. The molecule has 1 aromatic carbocycles. The molecule has 0 fully saturated rings. The highest BCUT2D eigenvalue weighted by Crippen LogP contribution is 2.32. The Morgan fingerprint density at radius 3 is 2.71 bits per heavy atom. The third-order valence-electron chi connectivity index (χ3n) is 3.12. The molecule has 0 spiro atoms. The van der Waals surface area contributed by atoms with Crippen LogP contribution in [0.3, 0.4) is 0 Å². The van der Waals surface area contributed by atoms with Crippen LogP contribution in [0, 0.1) is 6.92 Å². The monoisotopic (exact) mass is 321 g/mol. The van der Waals surface area contributed by atoms with Crippen LogP contribution in [0.5, 0.6) is 0 Å². The van der Waals surface area contributed by atoms with Crippen LogP contribution < -0.4 is 5.32 Å². The number of alkyl halides is 3. The highest BCUT2D eigenvalue weighted by atomic mass is 32.2. The van der Waals surface area contributed by atoms with Crippen molar-refractivity contribution in [3.05, 3.63) is 35.4 Å². The third-order valence-corrected chi connectivity index (χ3v) is 3.89. The standard InChI is InChI=1S/C15H22F3NOS/c1-12-4-3-5-13(10-12)14(11-19-7-8-20-2)6-9-21-15(16,17)18/h3-5,10,14,19H,6-9,11H2,1-2H3. The number of methoxy groups -OCH3 is 1. The van der Waals surface area contributed by atoms with Gasteiger partial charge in [-0.3, -0.25) is 0 Å². The average molecular weight is 321 g/mol. The molecule has 1 atom stereocenters. The van der Waals surface area contributed by atoms with E-state index in [1.165, 1.54) is 0 Å². The minimum Gasteiger partial charge on any atom is -0.383 e. The van der Waals surface area contributed by atoms with Crippen LogP contribution in [0.4, 0.5) is 13.2 Å². The van der Waals surface area contributed by atoms with E-state index in [1.807, 2.05) is 31.2 Å². The van der Waals surface area contributed by atoms with Crippen LogP contribution in [0.15, 0.2) is 24.3 Å². The van der Waals surface area contributed by atoms with Crippen molar-refractivity contribution in [2.75, 3.05) is 32.6 Å². The van der Waals surface area contributed by atoms with E-state index in [-0.39, 0.29) is 23.4 Å². The molecule has 0 aromatic heterocycles. The molecule has 21 heavy (non-hydrogen) atoms. The molecule has 6 heteroatoms. The van der Waals surface area contributed by atoms with Crippen molar-refractivity contribution >= 4 is 11.8 Å². The zero-order valence-corrected chi connectivity index (χ0v) is 13.2.